The molecule has 178 valence electrons. The summed E-state index contributed by atoms with van der Waals surface area (Å²) in [6.45, 7) is 0.961. The van der Waals surface area contributed by atoms with E-state index in [1.807, 2.05) is 0 Å². The van der Waals surface area contributed by atoms with Gasteiger partial charge in [0, 0.05) is 5.02 Å². The number of benzene rings is 3. The predicted molar refractivity (Wildman–Crippen MR) is 124 cm³/mol. The van der Waals surface area contributed by atoms with Crippen molar-refractivity contribution < 1.29 is 26.4 Å². The fourth-order valence-corrected chi connectivity index (χ4v) is 4.42. The summed E-state index contributed by atoms with van der Waals surface area (Å²) in [7, 11) is -4.37. The normalized spacial score (nSPS) is 12.0. The smallest absolute Gasteiger partial charge is 0.271 e. The number of hydrogen-bond donors (Lipinski definition) is 1. The molecule has 3 aromatic carbocycles. The molecule has 0 fully saturated rings. The van der Waals surface area contributed by atoms with Gasteiger partial charge in [0.1, 0.15) is 6.54 Å². The molecule has 0 saturated carbocycles. The number of aryl methyl sites for hydroxylation is 1. The van der Waals surface area contributed by atoms with Crippen LogP contribution in [0.5, 0.6) is 0 Å². The molecule has 0 heterocycles. The van der Waals surface area contributed by atoms with Gasteiger partial charge in [-0.2, -0.15) is 18.3 Å². The third-order valence-electron chi connectivity index (χ3n) is 4.63. The second-order valence-corrected chi connectivity index (χ2v) is 9.52. The number of nitrogens with one attached hydrogen (secondary N) is 1. The van der Waals surface area contributed by atoms with Gasteiger partial charge in [0.2, 0.25) is 0 Å². The molecule has 0 spiro atoms. The van der Waals surface area contributed by atoms with Crippen LogP contribution in [-0.2, 0) is 21.0 Å². The maximum Gasteiger partial charge on any atom is 0.416 e. The zero-order valence-corrected chi connectivity index (χ0v) is 19.3. The maximum atomic E-state index is 13.3. The SMILES string of the molecule is Cc1ccc(S(=O)(=O)N(CC(=O)N/N=C\c2ccc(Cl)cc2)c2cccc(C(F)(F)F)c2)cc1. The van der Waals surface area contributed by atoms with E-state index in [0.29, 0.717) is 21.0 Å². The standard InChI is InChI=1S/C23H19ClF3N3O3S/c1-16-5-11-21(12-6-16)34(32,33)30(20-4-2-3-18(13-20)23(25,26)27)15-22(31)29-28-14-17-7-9-19(24)10-8-17/h2-14H,15H2,1H3,(H,29,31)/b28-14-. The number of nitrogens with zero attached hydrogens (tertiary/aromatic N) is 2. The lowest BCUT2D eigenvalue weighted by Gasteiger charge is -2.24. The molecule has 0 aliphatic rings. The van der Waals surface area contributed by atoms with Gasteiger partial charge in [0.05, 0.1) is 22.4 Å². The Morgan fingerprint density at radius 1 is 1.06 bits per heavy atom. The van der Waals surface area contributed by atoms with Crippen LogP contribution in [0.25, 0.3) is 0 Å². The average molecular weight is 510 g/mol. The van der Waals surface area contributed by atoms with Crippen LogP contribution >= 0.6 is 11.6 Å². The van der Waals surface area contributed by atoms with Gasteiger partial charge in [0.15, 0.2) is 0 Å². The lowest BCUT2D eigenvalue weighted by atomic mass is 10.2. The second kappa shape index (κ2) is 10.3. The lowest BCUT2D eigenvalue weighted by Crippen LogP contribution is -2.39. The number of carbonyl (C=O) groups is 1. The van der Waals surface area contributed by atoms with Crippen molar-refractivity contribution in [2.75, 3.05) is 10.8 Å². The van der Waals surface area contributed by atoms with E-state index >= 15 is 0 Å². The minimum Gasteiger partial charge on any atom is -0.271 e. The van der Waals surface area contributed by atoms with Gasteiger partial charge in [-0.05, 0) is 55.0 Å². The first-order valence-corrected chi connectivity index (χ1v) is 11.6. The maximum absolute atomic E-state index is 13.3. The Balaban J connectivity index is 1.91. The molecule has 34 heavy (non-hydrogen) atoms. The molecule has 11 heteroatoms. The summed E-state index contributed by atoms with van der Waals surface area (Å²) in [4.78, 5) is 12.3. The van der Waals surface area contributed by atoms with Gasteiger partial charge in [-0.1, -0.05) is 47.5 Å². The first-order chi connectivity index (χ1) is 16.0. The summed E-state index contributed by atoms with van der Waals surface area (Å²) >= 11 is 5.81. The number of amides is 1. The molecule has 0 unspecified atom stereocenters. The molecule has 3 rings (SSSR count). The molecular formula is C23H19ClF3N3O3S. The topological polar surface area (TPSA) is 78.8 Å². The van der Waals surface area contributed by atoms with E-state index in [0.717, 1.165) is 17.7 Å². The van der Waals surface area contributed by atoms with Gasteiger partial charge in [0.25, 0.3) is 15.9 Å². The van der Waals surface area contributed by atoms with Crippen LogP contribution in [0, 0.1) is 6.92 Å². The average Bonchev–Trinajstić information content (AvgIpc) is 2.78. The number of anilines is 1. The highest BCUT2D eigenvalue weighted by atomic mass is 35.5. The number of rotatable bonds is 7. The van der Waals surface area contributed by atoms with Crippen LogP contribution in [0.2, 0.25) is 5.02 Å². The summed E-state index contributed by atoms with van der Waals surface area (Å²) in [5.41, 5.74) is 2.24. The Morgan fingerprint density at radius 3 is 2.32 bits per heavy atom. The number of carbonyl (C=O) groups excluding carboxylic acids is 1. The third-order valence-corrected chi connectivity index (χ3v) is 6.67. The van der Waals surface area contributed by atoms with E-state index in [1.165, 1.54) is 24.4 Å². The number of sulfonamides is 1. The van der Waals surface area contributed by atoms with Crippen LogP contribution in [0.4, 0.5) is 18.9 Å². The van der Waals surface area contributed by atoms with Gasteiger partial charge >= 0.3 is 6.18 Å². The van der Waals surface area contributed by atoms with Crippen LogP contribution in [-0.4, -0.2) is 27.1 Å². The van der Waals surface area contributed by atoms with Crippen molar-refractivity contribution in [1.82, 2.24) is 5.43 Å². The molecule has 0 aliphatic carbocycles. The summed E-state index contributed by atoms with van der Waals surface area (Å²) in [6.07, 6.45) is -3.38. The Kier molecular flexibility index (Phi) is 7.63. The highest BCUT2D eigenvalue weighted by Crippen LogP contribution is 2.33. The van der Waals surface area contributed by atoms with Crippen molar-refractivity contribution >= 4 is 39.4 Å². The second-order valence-electron chi connectivity index (χ2n) is 7.22. The number of halogens is 4. The zero-order chi connectivity index (χ0) is 24.9. The van der Waals surface area contributed by atoms with E-state index < -0.39 is 34.2 Å². The van der Waals surface area contributed by atoms with Crippen molar-refractivity contribution in [2.45, 2.75) is 18.0 Å². The van der Waals surface area contributed by atoms with E-state index in [-0.39, 0.29) is 10.6 Å². The van der Waals surface area contributed by atoms with Crippen molar-refractivity contribution in [3.05, 3.63) is 94.5 Å². The Hall–Kier alpha value is -3.37. The van der Waals surface area contributed by atoms with Crippen LogP contribution in [0.1, 0.15) is 16.7 Å². The molecular weight excluding hydrogens is 491 g/mol. The first kappa shape index (κ1) is 25.3. The summed E-state index contributed by atoms with van der Waals surface area (Å²) in [6, 6.07) is 16.0. The molecule has 0 aliphatic heterocycles. The molecule has 1 N–H and O–H groups in total. The van der Waals surface area contributed by atoms with E-state index in [2.05, 4.69) is 10.5 Å². The molecule has 0 bridgehead atoms. The Labute approximate surface area is 199 Å². The van der Waals surface area contributed by atoms with Crippen molar-refractivity contribution in [3.63, 3.8) is 0 Å². The van der Waals surface area contributed by atoms with Crippen molar-refractivity contribution in [3.8, 4) is 0 Å². The lowest BCUT2D eigenvalue weighted by molar-refractivity contribution is -0.137. The van der Waals surface area contributed by atoms with Gasteiger partial charge in [-0.3, -0.25) is 9.10 Å². The minimum absolute atomic E-state index is 0.173. The van der Waals surface area contributed by atoms with Crippen molar-refractivity contribution in [2.24, 2.45) is 5.10 Å². The van der Waals surface area contributed by atoms with Gasteiger partial charge in [-0.15, -0.1) is 0 Å². The van der Waals surface area contributed by atoms with Crippen LogP contribution in [0.15, 0.2) is 82.8 Å². The largest absolute Gasteiger partial charge is 0.416 e. The molecule has 0 aromatic heterocycles. The summed E-state index contributed by atoms with van der Waals surface area (Å²) in [5, 5.41) is 4.29. The van der Waals surface area contributed by atoms with Gasteiger partial charge in [-0.25, -0.2) is 13.8 Å². The fourth-order valence-electron chi connectivity index (χ4n) is 2.88. The Morgan fingerprint density at radius 2 is 1.71 bits per heavy atom. The van der Waals surface area contributed by atoms with Crippen LogP contribution in [0.3, 0.4) is 0 Å². The number of alkyl halides is 3. The predicted octanol–water partition coefficient (Wildman–Crippen LogP) is 5.01. The van der Waals surface area contributed by atoms with E-state index in [4.69, 9.17) is 11.6 Å². The molecule has 0 radical (unpaired) electrons. The van der Waals surface area contributed by atoms with Crippen molar-refractivity contribution in [1.29, 1.82) is 0 Å². The monoisotopic (exact) mass is 509 g/mol. The van der Waals surface area contributed by atoms with E-state index in [9.17, 15) is 26.4 Å². The first-order valence-electron chi connectivity index (χ1n) is 9.81. The number of hydrogen-bond acceptors (Lipinski definition) is 4. The molecule has 1 amide bonds. The Bertz CT molecular complexity index is 1290. The van der Waals surface area contributed by atoms with Crippen LogP contribution < -0.4 is 9.73 Å². The summed E-state index contributed by atoms with van der Waals surface area (Å²) in [5.74, 6) is -0.849. The minimum atomic E-state index is -4.69. The highest BCUT2D eigenvalue weighted by Gasteiger charge is 2.33. The zero-order valence-electron chi connectivity index (χ0n) is 17.8. The van der Waals surface area contributed by atoms with Gasteiger partial charge < -0.3 is 0 Å². The fraction of sp³-hybridized carbons (Fsp3) is 0.130. The highest BCUT2D eigenvalue weighted by molar-refractivity contribution is 7.92. The third kappa shape index (κ3) is 6.36. The molecule has 0 atom stereocenters. The molecule has 6 nitrogen and oxygen atoms in total. The van der Waals surface area contributed by atoms with E-state index in [1.54, 1.807) is 43.3 Å². The molecule has 3 aromatic rings. The quantitative estimate of drug-likeness (QED) is 0.359. The number of hydrazone groups is 1. The molecule has 0 saturated heterocycles. The summed E-state index contributed by atoms with van der Waals surface area (Å²) < 4.78 is 66.9.